The highest BCUT2D eigenvalue weighted by atomic mass is 15.1. The number of nitrogens with zero attached hydrogens (tertiary/aromatic N) is 2. The number of hydrogen-bond donors (Lipinski definition) is 0. The zero-order chi connectivity index (χ0) is 21.9. The molecular formula is C25H54N2. The van der Waals surface area contributed by atoms with Crippen LogP contribution in [0.25, 0.3) is 0 Å². The smallest absolute Gasteiger partial charge is 0.0360 e. The van der Waals surface area contributed by atoms with Crippen molar-refractivity contribution in [1.82, 2.24) is 9.80 Å². The lowest BCUT2D eigenvalue weighted by molar-refractivity contribution is 0.266. The third kappa shape index (κ3) is 25.0. The minimum Gasteiger partial charge on any atom is -0.375 e. The second-order valence-electron chi connectivity index (χ2n) is 5.65. The Morgan fingerprint density at radius 3 is 1.67 bits per heavy atom. The fourth-order valence-electron chi connectivity index (χ4n) is 2.56. The zero-order valence-electron chi connectivity index (χ0n) is 20.8. The number of unbranched alkanes of at least 4 members (excludes halogenated alkanes) is 2. The third-order valence-electron chi connectivity index (χ3n) is 3.61. The topological polar surface area (TPSA) is 6.48 Å². The Morgan fingerprint density at radius 1 is 0.778 bits per heavy atom. The Kier molecular flexibility index (Phi) is 40.6. The van der Waals surface area contributed by atoms with Crippen LogP contribution in [0.2, 0.25) is 0 Å². The van der Waals surface area contributed by atoms with Crippen molar-refractivity contribution in [3.05, 3.63) is 36.6 Å². The van der Waals surface area contributed by atoms with Gasteiger partial charge in [-0.1, -0.05) is 80.5 Å². The molecule has 0 amide bonds. The van der Waals surface area contributed by atoms with Crippen molar-refractivity contribution in [3.8, 4) is 0 Å². The molecular weight excluding hydrogens is 328 g/mol. The lowest BCUT2D eigenvalue weighted by atomic mass is 10.2. The SMILES string of the molecule is C=C/C=C(\C=C/C)N(C)CCCCCN(CCC)CCC.CC.CC.CC. The Morgan fingerprint density at radius 2 is 1.26 bits per heavy atom. The molecule has 0 radical (unpaired) electrons. The maximum atomic E-state index is 3.79. The van der Waals surface area contributed by atoms with E-state index in [1.807, 2.05) is 47.6 Å². The van der Waals surface area contributed by atoms with Crippen molar-refractivity contribution in [3.63, 3.8) is 0 Å². The molecule has 0 atom stereocenters. The van der Waals surface area contributed by atoms with Crippen LogP contribution in [0, 0.1) is 0 Å². The number of hydrogen-bond acceptors (Lipinski definition) is 2. The van der Waals surface area contributed by atoms with Crippen molar-refractivity contribution >= 4 is 0 Å². The van der Waals surface area contributed by atoms with Gasteiger partial charge in [-0.3, -0.25) is 0 Å². The zero-order valence-corrected chi connectivity index (χ0v) is 20.8. The molecule has 0 bridgehead atoms. The first-order chi connectivity index (χ1) is 13.2. The molecule has 2 nitrogen and oxygen atoms in total. The maximum absolute atomic E-state index is 3.79. The highest BCUT2D eigenvalue weighted by Crippen LogP contribution is 2.08. The van der Waals surface area contributed by atoms with Crippen molar-refractivity contribution in [2.75, 3.05) is 33.2 Å². The summed E-state index contributed by atoms with van der Waals surface area (Å²) in [7, 11) is 2.16. The lowest BCUT2D eigenvalue weighted by Crippen LogP contribution is -2.26. The molecule has 0 heterocycles. The van der Waals surface area contributed by atoms with Gasteiger partial charge in [0.15, 0.2) is 0 Å². The second kappa shape index (κ2) is 32.6. The van der Waals surface area contributed by atoms with Crippen molar-refractivity contribution in [1.29, 1.82) is 0 Å². The Labute approximate surface area is 174 Å². The number of allylic oxidation sites excluding steroid dienone is 4. The summed E-state index contributed by atoms with van der Waals surface area (Å²) in [6, 6.07) is 0. The molecule has 0 rings (SSSR count). The van der Waals surface area contributed by atoms with E-state index in [4.69, 9.17) is 0 Å². The highest BCUT2D eigenvalue weighted by molar-refractivity contribution is 5.21. The molecule has 0 saturated carbocycles. The second-order valence-corrected chi connectivity index (χ2v) is 5.65. The Balaban J connectivity index is -0.000000397. The molecule has 0 fully saturated rings. The first-order valence-electron chi connectivity index (χ1n) is 11.6. The molecule has 2 heteroatoms. The molecule has 0 aromatic carbocycles. The summed E-state index contributed by atoms with van der Waals surface area (Å²) in [6.45, 7) is 27.3. The summed E-state index contributed by atoms with van der Waals surface area (Å²) in [6.07, 6.45) is 14.6. The van der Waals surface area contributed by atoms with Gasteiger partial charge in [0, 0.05) is 19.3 Å². The largest absolute Gasteiger partial charge is 0.375 e. The van der Waals surface area contributed by atoms with Gasteiger partial charge in [-0.2, -0.15) is 0 Å². The Bertz CT molecular complexity index is 299. The van der Waals surface area contributed by atoms with E-state index in [-0.39, 0.29) is 0 Å². The van der Waals surface area contributed by atoms with Crippen molar-refractivity contribution in [2.24, 2.45) is 0 Å². The highest BCUT2D eigenvalue weighted by Gasteiger charge is 2.03. The fourth-order valence-corrected chi connectivity index (χ4v) is 2.56. The van der Waals surface area contributed by atoms with Crippen LogP contribution in [0.15, 0.2) is 36.6 Å². The third-order valence-corrected chi connectivity index (χ3v) is 3.61. The van der Waals surface area contributed by atoms with Gasteiger partial charge in [0.2, 0.25) is 0 Å². The molecule has 164 valence electrons. The van der Waals surface area contributed by atoms with Crippen LogP contribution in [-0.2, 0) is 0 Å². The number of likely N-dealkylation sites (N-methyl/N-ethyl adjacent to an activating group) is 1. The van der Waals surface area contributed by atoms with Crippen LogP contribution in [0.4, 0.5) is 0 Å². The fraction of sp³-hybridized carbons (Fsp3) is 0.760. The van der Waals surface area contributed by atoms with Gasteiger partial charge >= 0.3 is 0 Å². The molecule has 0 aliphatic rings. The molecule has 0 unspecified atom stereocenters. The van der Waals surface area contributed by atoms with E-state index < -0.39 is 0 Å². The molecule has 0 spiro atoms. The minimum absolute atomic E-state index is 1.12. The van der Waals surface area contributed by atoms with E-state index in [1.165, 1.54) is 57.4 Å². The van der Waals surface area contributed by atoms with Crippen LogP contribution >= 0.6 is 0 Å². The van der Waals surface area contributed by atoms with Gasteiger partial charge in [-0.25, -0.2) is 0 Å². The van der Waals surface area contributed by atoms with E-state index in [0.717, 1.165) is 6.54 Å². The molecule has 0 aliphatic heterocycles. The van der Waals surface area contributed by atoms with Crippen LogP contribution in [0.1, 0.15) is 94.4 Å². The average Bonchev–Trinajstić information content (AvgIpc) is 2.72. The van der Waals surface area contributed by atoms with Crippen LogP contribution in [0.3, 0.4) is 0 Å². The minimum atomic E-state index is 1.12. The maximum Gasteiger partial charge on any atom is 0.0360 e. The lowest BCUT2D eigenvalue weighted by Gasteiger charge is -2.22. The standard InChI is InChI=1S/C19H36N2.3C2H6/c1-6-13-19(14-7-2)20(5)17-11-10-12-18-21(15-8-3)16-9-4;3*1-2/h6-7,13-14H,1,8-12,15-18H2,2-5H3;3*1-2H3/b14-7-,19-13+;;;. The average molecular weight is 383 g/mol. The van der Waals surface area contributed by atoms with Crippen LogP contribution in [-0.4, -0.2) is 43.0 Å². The first kappa shape index (κ1) is 33.6. The number of rotatable bonds is 13. The van der Waals surface area contributed by atoms with Gasteiger partial charge in [0.05, 0.1) is 0 Å². The molecule has 27 heavy (non-hydrogen) atoms. The Hall–Kier alpha value is -1.02. The molecule has 0 saturated heterocycles. The van der Waals surface area contributed by atoms with Crippen LogP contribution < -0.4 is 0 Å². The summed E-state index contributed by atoms with van der Waals surface area (Å²) in [4.78, 5) is 4.92. The predicted molar refractivity (Wildman–Crippen MR) is 131 cm³/mol. The first-order valence-corrected chi connectivity index (χ1v) is 11.6. The van der Waals surface area contributed by atoms with Gasteiger partial charge in [-0.15, -0.1) is 0 Å². The summed E-state index contributed by atoms with van der Waals surface area (Å²) in [5.41, 5.74) is 1.24. The molecule has 0 aliphatic carbocycles. The monoisotopic (exact) mass is 382 g/mol. The van der Waals surface area contributed by atoms with Gasteiger partial charge < -0.3 is 9.80 Å². The van der Waals surface area contributed by atoms with E-state index in [2.05, 4.69) is 62.4 Å². The summed E-state index contributed by atoms with van der Waals surface area (Å²) in [5.74, 6) is 0. The van der Waals surface area contributed by atoms with Gasteiger partial charge in [0.25, 0.3) is 0 Å². The van der Waals surface area contributed by atoms with E-state index in [1.54, 1.807) is 0 Å². The summed E-state index contributed by atoms with van der Waals surface area (Å²) in [5, 5.41) is 0. The van der Waals surface area contributed by atoms with Crippen LogP contribution in [0.5, 0.6) is 0 Å². The summed E-state index contributed by atoms with van der Waals surface area (Å²) < 4.78 is 0. The van der Waals surface area contributed by atoms with Gasteiger partial charge in [-0.05, 0) is 64.4 Å². The predicted octanol–water partition coefficient (Wildman–Crippen LogP) is 7.94. The quantitative estimate of drug-likeness (QED) is 0.235. The molecule has 0 N–H and O–H groups in total. The van der Waals surface area contributed by atoms with Crippen molar-refractivity contribution < 1.29 is 0 Å². The van der Waals surface area contributed by atoms with E-state index in [9.17, 15) is 0 Å². The van der Waals surface area contributed by atoms with Gasteiger partial charge in [0.1, 0.15) is 0 Å². The molecule has 0 aromatic rings. The summed E-state index contributed by atoms with van der Waals surface area (Å²) >= 11 is 0. The molecule has 0 aromatic heterocycles. The normalized spacial score (nSPS) is 10.3. The van der Waals surface area contributed by atoms with E-state index >= 15 is 0 Å². The van der Waals surface area contributed by atoms with E-state index in [0.29, 0.717) is 0 Å². The van der Waals surface area contributed by atoms with Crippen molar-refractivity contribution in [2.45, 2.75) is 94.4 Å².